The molecule has 0 aromatic carbocycles. The molecule has 0 spiro atoms. The van der Waals surface area contributed by atoms with Crippen LogP contribution in [-0.2, 0) is 16.5 Å². The number of aryl methyl sites for hydroxylation is 1. The van der Waals surface area contributed by atoms with Crippen molar-refractivity contribution in [1.82, 2.24) is 14.7 Å². The first-order valence-corrected chi connectivity index (χ1v) is 8.29. The van der Waals surface area contributed by atoms with Crippen LogP contribution in [0.1, 0.15) is 50.1 Å². The van der Waals surface area contributed by atoms with Gasteiger partial charge < -0.3 is 9.47 Å². The van der Waals surface area contributed by atoms with E-state index in [-0.39, 0.29) is 6.29 Å². The van der Waals surface area contributed by atoms with Crippen LogP contribution < -0.4 is 0 Å². The van der Waals surface area contributed by atoms with Crippen LogP contribution in [0.2, 0.25) is 0 Å². The zero-order chi connectivity index (χ0) is 14.5. The highest BCUT2D eigenvalue weighted by molar-refractivity contribution is 5.11. The van der Waals surface area contributed by atoms with Gasteiger partial charge in [-0.1, -0.05) is 6.42 Å². The van der Waals surface area contributed by atoms with Crippen LogP contribution in [0.5, 0.6) is 0 Å². The molecule has 2 aliphatic rings. The maximum Gasteiger partial charge on any atom is 0.157 e. The lowest BCUT2D eigenvalue weighted by atomic mass is 9.97. The van der Waals surface area contributed by atoms with Crippen LogP contribution in [0.3, 0.4) is 0 Å². The summed E-state index contributed by atoms with van der Waals surface area (Å²) in [7, 11) is 1.99. The number of nitrogens with zero attached hydrogens (tertiary/aromatic N) is 3. The Kier molecular flexibility index (Phi) is 5.27. The Balaban J connectivity index is 1.49. The highest BCUT2D eigenvalue weighted by atomic mass is 16.7. The Morgan fingerprint density at radius 3 is 2.95 bits per heavy atom. The number of piperidine rings is 1. The highest BCUT2D eigenvalue weighted by Crippen LogP contribution is 2.30. The molecule has 0 amide bonds. The van der Waals surface area contributed by atoms with E-state index in [2.05, 4.69) is 16.2 Å². The van der Waals surface area contributed by atoms with Crippen LogP contribution in [0, 0.1) is 0 Å². The van der Waals surface area contributed by atoms with E-state index in [1.807, 2.05) is 17.9 Å². The van der Waals surface area contributed by atoms with Crippen LogP contribution in [0.15, 0.2) is 12.4 Å². The molecule has 0 aliphatic carbocycles. The minimum atomic E-state index is 0.0281. The van der Waals surface area contributed by atoms with Crippen LogP contribution in [-0.4, -0.2) is 47.3 Å². The Hall–Kier alpha value is -0.910. The van der Waals surface area contributed by atoms with Crippen molar-refractivity contribution in [3.8, 4) is 0 Å². The average Bonchev–Trinajstić information content (AvgIpc) is 2.95. The van der Waals surface area contributed by atoms with Crippen molar-refractivity contribution in [1.29, 1.82) is 0 Å². The van der Waals surface area contributed by atoms with Crippen molar-refractivity contribution >= 4 is 0 Å². The van der Waals surface area contributed by atoms with Crippen molar-refractivity contribution in [2.24, 2.45) is 7.05 Å². The molecular weight excluding hydrogens is 266 g/mol. The molecule has 3 heterocycles. The van der Waals surface area contributed by atoms with Gasteiger partial charge >= 0.3 is 0 Å². The fraction of sp³-hybridized carbons (Fsp3) is 0.812. The Bertz CT molecular complexity index is 429. The standard InChI is InChI=1S/C16H27N3O2/c1-18-13-14(12-17-18)15-6-2-4-8-19(15)9-11-21-16-7-3-5-10-20-16/h12-13,15-16H,2-11H2,1H3/t15-,16-/m0/s1. The van der Waals surface area contributed by atoms with Gasteiger partial charge in [0.15, 0.2) is 6.29 Å². The lowest BCUT2D eigenvalue weighted by Gasteiger charge is -2.35. The number of ether oxygens (including phenoxy) is 2. The molecule has 0 bridgehead atoms. The van der Waals surface area contributed by atoms with Crippen LogP contribution in [0.25, 0.3) is 0 Å². The molecule has 118 valence electrons. The average molecular weight is 293 g/mol. The van der Waals surface area contributed by atoms with E-state index in [1.54, 1.807) is 0 Å². The first kappa shape index (κ1) is 15.0. The van der Waals surface area contributed by atoms with E-state index in [0.717, 1.165) is 32.7 Å². The predicted octanol–water partition coefficient (Wildman–Crippen LogP) is 2.49. The molecule has 1 aromatic rings. The molecule has 0 saturated carbocycles. The summed E-state index contributed by atoms with van der Waals surface area (Å²) in [6, 6.07) is 0.503. The fourth-order valence-electron chi connectivity index (χ4n) is 3.39. The number of likely N-dealkylation sites (tertiary alicyclic amines) is 1. The minimum absolute atomic E-state index is 0.0281. The van der Waals surface area contributed by atoms with Gasteiger partial charge in [-0.05, 0) is 38.6 Å². The van der Waals surface area contributed by atoms with E-state index in [1.165, 1.54) is 37.7 Å². The third kappa shape index (κ3) is 4.05. The maximum atomic E-state index is 5.89. The molecular formula is C16H27N3O2. The molecule has 0 radical (unpaired) electrons. The van der Waals surface area contributed by atoms with Gasteiger partial charge in [-0.3, -0.25) is 9.58 Å². The number of rotatable bonds is 5. The van der Waals surface area contributed by atoms with E-state index in [4.69, 9.17) is 9.47 Å². The zero-order valence-electron chi connectivity index (χ0n) is 13.0. The first-order chi connectivity index (χ1) is 10.3. The van der Waals surface area contributed by atoms with Crippen LogP contribution >= 0.6 is 0 Å². The summed E-state index contributed by atoms with van der Waals surface area (Å²) >= 11 is 0. The summed E-state index contributed by atoms with van der Waals surface area (Å²) in [5.41, 5.74) is 1.34. The van der Waals surface area contributed by atoms with Gasteiger partial charge in [0.2, 0.25) is 0 Å². The van der Waals surface area contributed by atoms with Gasteiger partial charge in [-0.15, -0.1) is 0 Å². The van der Waals surface area contributed by atoms with Crippen molar-refractivity contribution in [3.63, 3.8) is 0 Å². The molecule has 3 rings (SSSR count). The molecule has 2 aliphatic heterocycles. The SMILES string of the molecule is Cn1cc([C@@H]2CCCCN2CCO[C@H]2CCCCO2)cn1. The number of hydrogen-bond donors (Lipinski definition) is 0. The van der Waals surface area contributed by atoms with Gasteiger partial charge in [0, 0.05) is 38.0 Å². The second-order valence-corrected chi connectivity index (χ2v) is 6.16. The van der Waals surface area contributed by atoms with Crippen LogP contribution in [0.4, 0.5) is 0 Å². The largest absolute Gasteiger partial charge is 0.353 e. The van der Waals surface area contributed by atoms with Gasteiger partial charge in [0.1, 0.15) is 0 Å². The van der Waals surface area contributed by atoms with Gasteiger partial charge in [-0.2, -0.15) is 5.10 Å². The van der Waals surface area contributed by atoms with E-state index < -0.39 is 0 Å². The Labute approximate surface area is 127 Å². The molecule has 2 fully saturated rings. The molecule has 21 heavy (non-hydrogen) atoms. The Morgan fingerprint density at radius 1 is 1.29 bits per heavy atom. The molecule has 0 unspecified atom stereocenters. The lowest BCUT2D eigenvalue weighted by molar-refractivity contribution is -0.165. The van der Waals surface area contributed by atoms with Gasteiger partial charge in [0.25, 0.3) is 0 Å². The normalized spacial score (nSPS) is 27.9. The van der Waals surface area contributed by atoms with Crippen molar-refractivity contribution in [2.75, 3.05) is 26.3 Å². The van der Waals surface area contributed by atoms with Crippen molar-refractivity contribution in [3.05, 3.63) is 18.0 Å². The van der Waals surface area contributed by atoms with E-state index >= 15 is 0 Å². The first-order valence-electron chi connectivity index (χ1n) is 8.29. The molecule has 2 saturated heterocycles. The minimum Gasteiger partial charge on any atom is -0.353 e. The summed E-state index contributed by atoms with van der Waals surface area (Å²) in [4.78, 5) is 2.54. The second-order valence-electron chi connectivity index (χ2n) is 6.16. The maximum absolute atomic E-state index is 5.89. The monoisotopic (exact) mass is 293 g/mol. The highest BCUT2D eigenvalue weighted by Gasteiger charge is 2.25. The molecule has 5 heteroatoms. The third-order valence-corrected chi connectivity index (χ3v) is 4.54. The third-order valence-electron chi connectivity index (χ3n) is 4.54. The molecule has 5 nitrogen and oxygen atoms in total. The topological polar surface area (TPSA) is 39.5 Å². The number of hydrogen-bond acceptors (Lipinski definition) is 4. The smallest absolute Gasteiger partial charge is 0.157 e. The van der Waals surface area contributed by atoms with Crippen molar-refractivity contribution < 1.29 is 9.47 Å². The lowest BCUT2D eigenvalue weighted by Crippen LogP contribution is -2.37. The van der Waals surface area contributed by atoms with E-state index in [9.17, 15) is 0 Å². The Morgan fingerprint density at radius 2 is 2.19 bits per heavy atom. The van der Waals surface area contributed by atoms with Gasteiger partial charge in [-0.25, -0.2) is 0 Å². The zero-order valence-corrected chi connectivity index (χ0v) is 13.0. The van der Waals surface area contributed by atoms with Crippen molar-refractivity contribution in [2.45, 2.75) is 50.9 Å². The number of aromatic nitrogens is 2. The molecule has 2 atom stereocenters. The summed E-state index contributed by atoms with van der Waals surface area (Å²) in [5.74, 6) is 0. The molecule has 1 aromatic heterocycles. The summed E-state index contributed by atoms with van der Waals surface area (Å²) < 4.78 is 13.4. The van der Waals surface area contributed by atoms with E-state index in [0.29, 0.717) is 6.04 Å². The summed E-state index contributed by atoms with van der Waals surface area (Å²) in [6.45, 7) is 3.77. The quantitative estimate of drug-likeness (QED) is 0.836. The second kappa shape index (κ2) is 7.38. The molecule has 0 N–H and O–H groups in total. The predicted molar refractivity (Wildman–Crippen MR) is 80.9 cm³/mol. The summed E-state index contributed by atoms with van der Waals surface area (Å²) in [5, 5.41) is 4.32. The summed E-state index contributed by atoms with van der Waals surface area (Å²) in [6.07, 6.45) is 11.5. The fourth-order valence-corrected chi connectivity index (χ4v) is 3.39. The van der Waals surface area contributed by atoms with Gasteiger partial charge in [0.05, 0.1) is 12.8 Å².